The Morgan fingerprint density at radius 2 is 1.85 bits per heavy atom. The van der Waals surface area contributed by atoms with Crippen molar-refractivity contribution in [1.29, 1.82) is 0 Å². The first-order valence-corrected chi connectivity index (χ1v) is 9.76. The molecule has 3 aliphatic carbocycles. The van der Waals surface area contributed by atoms with Gasteiger partial charge in [0, 0.05) is 19.3 Å². The molecule has 2 N–H and O–H groups in total. The van der Waals surface area contributed by atoms with E-state index in [1.54, 1.807) is 6.92 Å². The predicted octanol–water partition coefficient (Wildman–Crippen LogP) is 3.70. The van der Waals surface area contributed by atoms with E-state index < -0.39 is 17.7 Å². The standard InChI is InChI=1S/C21H32O5/c1-12-7-8-15-20(5)10-6-9-19(3,4)17(20)14(26-13(2)22)11-21(15,25)16(12)18(23)24/h14-15,17,25H,6-11H2,1-5H3,(H,23,24). The highest BCUT2D eigenvalue weighted by Gasteiger charge is 2.66. The Balaban J connectivity index is 2.17. The first kappa shape index (κ1) is 19.4. The lowest BCUT2D eigenvalue weighted by atomic mass is 9.42. The Morgan fingerprint density at radius 3 is 2.42 bits per heavy atom. The maximum absolute atomic E-state index is 12.0. The molecule has 5 atom stereocenters. The fraction of sp³-hybridized carbons (Fsp3) is 0.810. The van der Waals surface area contributed by atoms with Crippen molar-refractivity contribution in [3.63, 3.8) is 0 Å². The van der Waals surface area contributed by atoms with Crippen LogP contribution >= 0.6 is 0 Å². The van der Waals surface area contributed by atoms with E-state index in [4.69, 9.17) is 4.74 Å². The van der Waals surface area contributed by atoms with Crippen molar-refractivity contribution in [1.82, 2.24) is 0 Å². The summed E-state index contributed by atoms with van der Waals surface area (Å²) in [5.41, 5.74) is -0.832. The van der Waals surface area contributed by atoms with Gasteiger partial charge in [-0.3, -0.25) is 4.79 Å². The van der Waals surface area contributed by atoms with Gasteiger partial charge in [-0.2, -0.15) is 0 Å². The van der Waals surface area contributed by atoms with Crippen LogP contribution in [0.5, 0.6) is 0 Å². The number of fused-ring (bicyclic) bond motifs is 3. The number of ether oxygens (including phenoxy) is 1. The number of hydrogen-bond acceptors (Lipinski definition) is 4. The molecule has 0 radical (unpaired) electrons. The predicted molar refractivity (Wildman–Crippen MR) is 97.4 cm³/mol. The van der Waals surface area contributed by atoms with E-state index in [2.05, 4.69) is 20.8 Å². The molecule has 2 fully saturated rings. The van der Waals surface area contributed by atoms with E-state index in [-0.39, 0.29) is 40.6 Å². The number of aliphatic carboxylic acids is 1. The monoisotopic (exact) mass is 364 g/mol. The molecular weight excluding hydrogens is 332 g/mol. The third-order valence-electron chi connectivity index (χ3n) is 7.54. The molecule has 3 aliphatic rings. The van der Waals surface area contributed by atoms with Gasteiger partial charge in [0.2, 0.25) is 0 Å². The van der Waals surface area contributed by atoms with Crippen LogP contribution in [0.25, 0.3) is 0 Å². The highest BCUT2D eigenvalue weighted by atomic mass is 16.5. The van der Waals surface area contributed by atoms with Crippen molar-refractivity contribution in [2.24, 2.45) is 22.7 Å². The van der Waals surface area contributed by atoms with Gasteiger partial charge in [0.15, 0.2) is 0 Å². The van der Waals surface area contributed by atoms with Crippen LogP contribution in [0.3, 0.4) is 0 Å². The number of carbonyl (C=O) groups is 2. The van der Waals surface area contributed by atoms with Gasteiger partial charge < -0.3 is 14.9 Å². The van der Waals surface area contributed by atoms with Crippen LogP contribution < -0.4 is 0 Å². The SMILES string of the molecule is CC(=O)OC1CC2(O)C(C(=O)O)=C(C)CCC2C2(C)CCCC(C)(C)C12. The molecule has 0 aromatic heterocycles. The second-order valence-corrected chi connectivity index (χ2v) is 9.65. The lowest BCUT2D eigenvalue weighted by molar-refractivity contribution is -0.222. The largest absolute Gasteiger partial charge is 0.478 e. The smallest absolute Gasteiger partial charge is 0.334 e. The molecule has 5 unspecified atom stereocenters. The minimum Gasteiger partial charge on any atom is -0.478 e. The second kappa shape index (κ2) is 6.08. The van der Waals surface area contributed by atoms with Gasteiger partial charge in [0.05, 0.1) is 5.57 Å². The zero-order valence-corrected chi connectivity index (χ0v) is 16.6. The fourth-order valence-corrected chi connectivity index (χ4v) is 6.95. The van der Waals surface area contributed by atoms with E-state index in [1.165, 1.54) is 6.92 Å². The summed E-state index contributed by atoms with van der Waals surface area (Å²) in [7, 11) is 0. The molecule has 2 saturated carbocycles. The van der Waals surface area contributed by atoms with Gasteiger partial charge in [-0.25, -0.2) is 4.79 Å². The maximum Gasteiger partial charge on any atom is 0.334 e. The minimum atomic E-state index is -1.44. The van der Waals surface area contributed by atoms with Crippen LogP contribution in [0.15, 0.2) is 11.1 Å². The van der Waals surface area contributed by atoms with Crippen LogP contribution in [0, 0.1) is 22.7 Å². The summed E-state index contributed by atoms with van der Waals surface area (Å²) in [5.74, 6) is -1.42. The summed E-state index contributed by atoms with van der Waals surface area (Å²) in [4.78, 5) is 23.8. The van der Waals surface area contributed by atoms with Crippen LogP contribution in [0.2, 0.25) is 0 Å². The highest BCUT2D eigenvalue weighted by Crippen LogP contribution is 2.66. The molecule has 26 heavy (non-hydrogen) atoms. The molecule has 0 spiro atoms. The van der Waals surface area contributed by atoms with E-state index in [1.807, 2.05) is 0 Å². The van der Waals surface area contributed by atoms with E-state index in [0.29, 0.717) is 6.42 Å². The lowest BCUT2D eigenvalue weighted by Crippen LogP contribution is -2.66. The number of rotatable bonds is 2. The summed E-state index contributed by atoms with van der Waals surface area (Å²) in [5, 5.41) is 21.6. The third-order valence-corrected chi connectivity index (χ3v) is 7.54. The summed E-state index contributed by atoms with van der Waals surface area (Å²) >= 11 is 0. The molecule has 5 nitrogen and oxygen atoms in total. The van der Waals surface area contributed by atoms with Gasteiger partial charge in [-0.05, 0) is 49.4 Å². The van der Waals surface area contributed by atoms with E-state index in [9.17, 15) is 19.8 Å². The molecule has 0 heterocycles. The van der Waals surface area contributed by atoms with Crippen molar-refractivity contribution in [3.8, 4) is 0 Å². The number of hydrogen-bond donors (Lipinski definition) is 2. The van der Waals surface area contributed by atoms with Crippen molar-refractivity contribution in [2.45, 2.75) is 84.8 Å². The van der Waals surface area contributed by atoms with Gasteiger partial charge in [0.1, 0.15) is 11.7 Å². The van der Waals surface area contributed by atoms with Gasteiger partial charge in [-0.1, -0.05) is 32.8 Å². The first-order chi connectivity index (χ1) is 11.9. The average Bonchev–Trinajstić information content (AvgIpc) is 2.43. The number of allylic oxidation sites excluding steroid dienone is 1. The quantitative estimate of drug-likeness (QED) is 0.730. The van der Waals surface area contributed by atoms with Gasteiger partial charge in [0.25, 0.3) is 0 Å². The maximum atomic E-state index is 12.0. The number of carbonyl (C=O) groups excluding carboxylic acids is 1. The summed E-state index contributed by atoms with van der Waals surface area (Å²) < 4.78 is 5.72. The third kappa shape index (κ3) is 2.70. The lowest BCUT2D eigenvalue weighted by Gasteiger charge is -2.64. The van der Waals surface area contributed by atoms with E-state index >= 15 is 0 Å². The van der Waals surface area contributed by atoms with Crippen molar-refractivity contribution in [3.05, 3.63) is 11.1 Å². The molecule has 0 aromatic rings. The molecule has 0 saturated heterocycles. The zero-order chi connectivity index (χ0) is 19.5. The van der Waals surface area contributed by atoms with Gasteiger partial charge >= 0.3 is 11.9 Å². The molecule has 0 amide bonds. The fourth-order valence-electron chi connectivity index (χ4n) is 6.95. The number of carboxylic acids is 1. The summed E-state index contributed by atoms with van der Waals surface area (Å²) in [6.07, 6.45) is 4.23. The molecule has 5 heteroatoms. The molecule has 146 valence electrons. The molecule has 0 aromatic carbocycles. The van der Waals surface area contributed by atoms with E-state index in [0.717, 1.165) is 31.3 Å². The first-order valence-electron chi connectivity index (χ1n) is 9.76. The van der Waals surface area contributed by atoms with Crippen LogP contribution in [-0.2, 0) is 14.3 Å². The topological polar surface area (TPSA) is 83.8 Å². The molecule has 0 aliphatic heterocycles. The Morgan fingerprint density at radius 1 is 1.19 bits per heavy atom. The minimum absolute atomic E-state index is 0.0198. The average molecular weight is 364 g/mol. The summed E-state index contributed by atoms with van der Waals surface area (Å²) in [6.45, 7) is 9.82. The number of aliphatic hydroxyl groups is 1. The number of carboxylic acid groups (broad SMARTS) is 1. The molecule has 3 rings (SSSR count). The Bertz CT molecular complexity index is 663. The summed E-state index contributed by atoms with van der Waals surface area (Å²) in [6, 6.07) is 0. The van der Waals surface area contributed by atoms with Crippen molar-refractivity contribution >= 4 is 11.9 Å². The normalized spacial score (nSPS) is 41.8. The number of esters is 1. The Hall–Kier alpha value is -1.36. The second-order valence-electron chi connectivity index (χ2n) is 9.65. The molecular formula is C21H32O5. The molecule has 0 bridgehead atoms. The van der Waals surface area contributed by atoms with Crippen LogP contribution in [-0.4, -0.2) is 33.9 Å². The zero-order valence-electron chi connectivity index (χ0n) is 16.6. The van der Waals surface area contributed by atoms with Gasteiger partial charge in [-0.15, -0.1) is 0 Å². The van der Waals surface area contributed by atoms with Crippen LogP contribution in [0.1, 0.15) is 73.1 Å². The van der Waals surface area contributed by atoms with Crippen molar-refractivity contribution in [2.75, 3.05) is 0 Å². The van der Waals surface area contributed by atoms with Crippen LogP contribution in [0.4, 0.5) is 0 Å². The van der Waals surface area contributed by atoms with Crippen molar-refractivity contribution < 1.29 is 24.5 Å². The Kier molecular flexibility index (Phi) is 4.54. The Labute approximate surface area is 155 Å². The highest BCUT2D eigenvalue weighted by molar-refractivity contribution is 5.90.